The molecule has 1 atom stereocenters. The van der Waals surface area contributed by atoms with Crippen LogP contribution in [0.15, 0.2) is 29.2 Å². The molecule has 21 heavy (non-hydrogen) atoms. The van der Waals surface area contributed by atoms with Gasteiger partial charge in [0.15, 0.2) is 0 Å². The summed E-state index contributed by atoms with van der Waals surface area (Å²) in [6.07, 6.45) is 0.919. The lowest BCUT2D eigenvalue weighted by Gasteiger charge is -2.17. The highest BCUT2D eigenvalue weighted by Gasteiger charge is 2.18. The van der Waals surface area contributed by atoms with E-state index in [0.29, 0.717) is 31.1 Å². The highest BCUT2D eigenvalue weighted by Crippen LogP contribution is 2.20. The quantitative estimate of drug-likeness (QED) is 0.653. The van der Waals surface area contributed by atoms with Gasteiger partial charge in [-0.15, -0.1) is 0 Å². The number of para-hydroxylation sites is 1. The highest BCUT2D eigenvalue weighted by molar-refractivity contribution is 7.89. The van der Waals surface area contributed by atoms with Crippen LogP contribution in [-0.4, -0.2) is 32.7 Å². The van der Waals surface area contributed by atoms with Crippen LogP contribution in [-0.2, 0) is 10.0 Å². The molecular weight excluding hydrogens is 288 g/mol. The van der Waals surface area contributed by atoms with Crippen LogP contribution in [0.25, 0.3) is 0 Å². The lowest BCUT2D eigenvalue weighted by atomic mass is 10.1. The topological polar surface area (TPSA) is 78.4 Å². The Morgan fingerprint density at radius 1 is 1.24 bits per heavy atom. The van der Waals surface area contributed by atoms with E-state index in [1.165, 1.54) is 0 Å². The van der Waals surface area contributed by atoms with Gasteiger partial charge in [-0.1, -0.05) is 32.9 Å². The van der Waals surface area contributed by atoms with Crippen molar-refractivity contribution in [3.63, 3.8) is 0 Å². The molecule has 0 spiro atoms. The molecular formula is C15H26N2O3S. The normalized spacial score (nSPS) is 13.4. The minimum atomic E-state index is -3.52. The number of anilines is 1. The second-order valence-electron chi connectivity index (χ2n) is 5.56. The van der Waals surface area contributed by atoms with Crippen molar-refractivity contribution in [2.75, 3.05) is 18.4 Å². The summed E-state index contributed by atoms with van der Waals surface area (Å²) >= 11 is 0. The van der Waals surface area contributed by atoms with Crippen LogP contribution < -0.4 is 10.0 Å². The van der Waals surface area contributed by atoms with E-state index in [1.807, 2.05) is 20.8 Å². The number of sulfonamides is 1. The van der Waals surface area contributed by atoms with Gasteiger partial charge in [0, 0.05) is 13.1 Å². The van der Waals surface area contributed by atoms with Crippen molar-refractivity contribution < 1.29 is 13.5 Å². The van der Waals surface area contributed by atoms with Crippen molar-refractivity contribution in [1.82, 2.24) is 4.72 Å². The number of aliphatic hydroxyl groups excluding tert-OH is 1. The zero-order chi connectivity index (χ0) is 15.9. The van der Waals surface area contributed by atoms with E-state index < -0.39 is 16.1 Å². The number of hydrogen-bond donors (Lipinski definition) is 3. The first-order chi connectivity index (χ1) is 9.86. The van der Waals surface area contributed by atoms with Crippen molar-refractivity contribution in [3.8, 4) is 0 Å². The van der Waals surface area contributed by atoms with Crippen molar-refractivity contribution in [3.05, 3.63) is 24.3 Å². The molecule has 3 N–H and O–H groups in total. The molecule has 1 aromatic rings. The fraction of sp³-hybridized carbons (Fsp3) is 0.600. The zero-order valence-electron chi connectivity index (χ0n) is 13.0. The number of nitrogens with one attached hydrogen (secondary N) is 2. The van der Waals surface area contributed by atoms with Crippen molar-refractivity contribution in [2.24, 2.45) is 5.92 Å². The van der Waals surface area contributed by atoms with E-state index in [9.17, 15) is 13.5 Å². The number of aliphatic hydroxyl groups is 1. The zero-order valence-corrected chi connectivity index (χ0v) is 13.8. The Hall–Kier alpha value is -1.11. The first kappa shape index (κ1) is 17.9. The van der Waals surface area contributed by atoms with Crippen LogP contribution in [0.3, 0.4) is 0 Å². The third-order valence-electron chi connectivity index (χ3n) is 2.99. The summed E-state index contributed by atoms with van der Waals surface area (Å²) in [6.45, 7) is 6.73. The van der Waals surface area contributed by atoms with Crippen LogP contribution >= 0.6 is 0 Å². The fourth-order valence-corrected chi connectivity index (χ4v) is 3.33. The molecule has 0 radical (unpaired) electrons. The monoisotopic (exact) mass is 314 g/mol. The second kappa shape index (κ2) is 8.36. The van der Waals surface area contributed by atoms with E-state index in [1.54, 1.807) is 24.3 Å². The molecule has 5 nitrogen and oxygen atoms in total. The van der Waals surface area contributed by atoms with Crippen LogP contribution in [0.2, 0.25) is 0 Å². The van der Waals surface area contributed by atoms with Gasteiger partial charge in [0.05, 0.1) is 11.8 Å². The number of hydrogen-bond acceptors (Lipinski definition) is 4. The van der Waals surface area contributed by atoms with Crippen molar-refractivity contribution >= 4 is 15.7 Å². The lowest BCUT2D eigenvalue weighted by molar-refractivity contribution is 0.161. The first-order valence-electron chi connectivity index (χ1n) is 7.37. The summed E-state index contributed by atoms with van der Waals surface area (Å²) in [5.41, 5.74) is 0.518. The van der Waals surface area contributed by atoms with Crippen molar-refractivity contribution in [2.45, 2.75) is 44.6 Å². The summed E-state index contributed by atoms with van der Waals surface area (Å²) < 4.78 is 27.0. The SMILES string of the molecule is CCCNS(=O)(=O)c1ccccc1NCC(O)CC(C)C. The minimum Gasteiger partial charge on any atom is -0.391 e. The largest absolute Gasteiger partial charge is 0.391 e. The number of benzene rings is 1. The predicted molar refractivity (Wildman–Crippen MR) is 85.9 cm³/mol. The molecule has 0 bridgehead atoms. The van der Waals surface area contributed by atoms with Crippen LogP contribution in [0.1, 0.15) is 33.6 Å². The van der Waals surface area contributed by atoms with Gasteiger partial charge >= 0.3 is 0 Å². The van der Waals surface area contributed by atoms with Crippen molar-refractivity contribution in [1.29, 1.82) is 0 Å². The van der Waals surface area contributed by atoms with Crippen LogP contribution in [0.4, 0.5) is 5.69 Å². The maximum Gasteiger partial charge on any atom is 0.242 e. The molecule has 0 saturated heterocycles. The van der Waals surface area contributed by atoms with E-state index in [2.05, 4.69) is 10.0 Å². The summed E-state index contributed by atoms with van der Waals surface area (Å²) in [4.78, 5) is 0.218. The summed E-state index contributed by atoms with van der Waals surface area (Å²) in [7, 11) is -3.52. The molecule has 0 aliphatic heterocycles. The van der Waals surface area contributed by atoms with Gasteiger partial charge in [-0.3, -0.25) is 0 Å². The molecule has 0 aromatic heterocycles. The molecule has 1 unspecified atom stereocenters. The third kappa shape index (κ3) is 6.03. The molecule has 0 aliphatic rings. The summed E-state index contributed by atoms with van der Waals surface area (Å²) in [5, 5.41) is 12.9. The Morgan fingerprint density at radius 2 is 1.90 bits per heavy atom. The van der Waals surface area contributed by atoms with Gasteiger partial charge in [0.2, 0.25) is 10.0 Å². The predicted octanol–water partition coefficient (Wildman–Crippen LogP) is 2.19. The summed E-state index contributed by atoms with van der Waals surface area (Å²) in [6, 6.07) is 6.74. The van der Waals surface area contributed by atoms with Crippen LogP contribution in [0.5, 0.6) is 0 Å². The highest BCUT2D eigenvalue weighted by atomic mass is 32.2. The molecule has 0 fully saturated rings. The van der Waals surface area contributed by atoms with Gasteiger partial charge in [-0.05, 0) is 30.9 Å². The Morgan fingerprint density at radius 3 is 2.52 bits per heavy atom. The van der Waals surface area contributed by atoms with Gasteiger partial charge in [0.25, 0.3) is 0 Å². The van der Waals surface area contributed by atoms with E-state index >= 15 is 0 Å². The molecule has 6 heteroatoms. The Labute approximate surface area is 127 Å². The average Bonchev–Trinajstić information content (AvgIpc) is 2.42. The van der Waals surface area contributed by atoms with Gasteiger partial charge in [-0.25, -0.2) is 13.1 Å². The second-order valence-corrected chi connectivity index (χ2v) is 7.29. The Bertz CT molecular complexity index is 529. The molecule has 0 aliphatic carbocycles. The Balaban J connectivity index is 2.80. The van der Waals surface area contributed by atoms with Gasteiger partial charge in [0.1, 0.15) is 4.90 Å². The molecule has 1 rings (SSSR count). The van der Waals surface area contributed by atoms with Gasteiger partial charge in [-0.2, -0.15) is 0 Å². The minimum absolute atomic E-state index is 0.218. The average molecular weight is 314 g/mol. The molecule has 120 valence electrons. The van der Waals surface area contributed by atoms with E-state index in [0.717, 1.165) is 6.42 Å². The Kier molecular flexibility index (Phi) is 7.14. The fourth-order valence-electron chi connectivity index (χ4n) is 2.02. The third-order valence-corrected chi connectivity index (χ3v) is 4.51. The van der Waals surface area contributed by atoms with Crippen LogP contribution in [0, 0.1) is 5.92 Å². The van der Waals surface area contributed by atoms with E-state index in [4.69, 9.17) is 0 Å². The molecule has 0 saturated carbocycles. The standard InChI is InChI=1S/C15H26N2O3S/c1-4-9-17-21(19,20)15-8-6-5-7-14(15)16-11-13(18)10-12(2)3/h5-8,12-13,16-18H,4,9-11H2,1-3H3. The molecule has 0 amide bonds. The smallest absolute Gasteiger partial charge is 0.242 e. The lowest BCUT2D eigenvalue weighted by Crippen LogP contribution is -2.27. The maximum absolute atomic E-state index is 12.2. The maximum atomic E-state index is 12.2. The molecule has 0 heterocycles. The van der Waals surface area contributed by atoms with Gasteiger partial charge < -0.3 is 10.4 Å². The number of rotatable bonds is 9. The van der Waals surface area contributed by atoms with E-state index in [-0.39, 0.29) is 4.90 Å². The molecule has 1 aromatic carbocycles. The first-order valence-corrected chi connectivity index (χ1v) is 8.85. The summed E-state index contributed by atoms with van der Waals surface area (Å²) in [5.74, 6) is 0.395.